The molecule has 0 radical (unpaired) electrons. The molecule has 148 valence electrons. The van der Waals surface area contributed by atoms with E-state index in [2.05, 4.69) is 5.32 Å². The zero-order valence-corrected chi connectivity index (χ0v) is 17.0. The van der Waals surface area contributed by atoms with Crippen LogP contribution in [0, 0.1) is 0 Å². The van der Waals surface area contributed by atoms with E-state index in [0.29, 0.717) is 28.7 Å². The zero-order chi connectivity index (χ0) is 20.1. The van der Waals surface area contributed by atoms with Crippen LogP contribution in [0.25, 0.3) is 6.08 Å². The molecule has 7 heteroatoms. The van der Waals surface area contributed by atoms with Crippen molar-refractivity contribution in [1.82, 2.24) is 0 Å². The second-order valence-electron chi connectivity index (χ2n) is 6.22. The van der Waals surface area contributed by atoms with Gasteiger partial charge in [-0.25, -0.2) is 4.79 Å². The predicted octanol–water partition coefficient (Wildman–Crippen LogP) is 4.08. The van der Waals surface area contributed by atoms with Gasteiger partial charge in [0.2, 0.25) is 5.91 Å². The third-order valence-corrected chi connectivity index (χ3v) is 5.68. The number of thiophene rings is 1. The number of carbonyl (C=O) groups is 2. The molecule has 1 heterocycles. The summed E-state index contributed by atoms with van der Waals surface area (Å²) in [5, 5.41) is 3.40. The molecule has 0 atom stereocenters. The lowest BCUT2D eigenvalue weighted by Crippen LogP contribution is -2.13. The second kappa shape index (κ2) is 8.93. The van der Waals surface area contributed by atoms with Crippen molar-refractivity contribution >= 4 is 34.3 Å². The first-order valence-corrected chi connectivity index (χ1v) is 9.91. The van der Waals surface area contributed by atoms with Crippen LogP contribution in [0.3, 0.4) is 0 Å². The summed E-state index contributed by atoms with van der Waals surface area (Å²) in [6.07, 6.45) is 5.92. The number of anilines is 1. The number of hydrogen-bond donors (Lipinski definition) is 1. The van der Waals surface area contributed by atoms with Crippen LogP contribution in [0.5, 0.6) is 11.5 Å². The van der Waals surface area contributed by atoms with E-state index in [4.69, 9.17) is 14.2 Å². The Kier molecular flexibility index (Phi) is 6.36. The normalized spacial score (nSPS) is 12.7. The van der Waals surface area contributed by atoms with Gasteiger partial charge in [0.15, 0.2) is 11.5 Å². The SMILES string of the molecule is CCOC(=O)c1c(NC(=O)/C=C\c2ccc(OC)c(OC)c2)sc2c1CCC2. The van der Waals surface area contributed by atoms with Gasteiger partial charge in [-0.2, -0.15) is 0 Å². The molecule has 28 heavy (non-hydrogen) atoms. The Morgan fingerprint density at radius 3 is 2.68 bits per heavy atom. The lowest BCUT2D eigenvalue weighted by Gasteiger charge is -2.08. The second-order valence-corrected chi connectivity index (χ2v) is 7.32. The van der Waals surface area contributed by atoms with Crippen molar-refractivity contribution in [3.8, 4) is 11.5 Å². The first-order chi connectivity index (χ1) is 13.6. The van der Waals surface area contributed by atoms with E-state index in [1.165, 1.54) is 17.4 Å². The van der Waals surface area contributed by atoms with Crippen LogP contribution in [0.4, 0.5) is 5.00 Å². The molecule has 2 aromatic rings. The van der Waals surface area contributed by atoms with Crippen molar-refractivity contribution in [3.63, 3.8) is 0 Å². The molecule has 3 rings (SSSR count). The summed E-state index contributed by atoms with van der Waals surface area (Å²) in [5.74, 6) is 0.530. The number of aryl methyl sites for hydroxylation is 1. The molecular formula is C21H23NO5S. The van der Waals surface area contributed by atoms with Crippen molar-refractivity contribution < 1.29 is 23.8 Å². The highest BCUT2D eigenvalue weighted by Crippen LogP contribution is 2.39. The van der Waals surface area contributed by atoms with Gasteiger partial charge in [-0.05, 0) is 55.5 Å². The first-order valence-electron chi connectivity index (χ1n) is 9.10. The summed E-state index contributed by atoms with van der Waals surface area (Å²) >= 11 is 1.46. The molecule has 1 aliphatic rings. The summed E-state index contributed by atoms with van der Waals surface area (Å²) in [5.41, 5.74) is 2.32. The Hall–Kier alpha value is -2.80. The highest BCUT2D eigenvalue weighted by molar-refractivity contribution is 7.17. The molecule has 6 nitrogen and oxygen atoms in total. The molecule has 0 saturated heterocycles. The van der Waals surface area contributed by atoms with Crippen LogP contribution in [-0.4, -0.2) is 32.7 Å². The minimum atomic E-state index is -0.374. The van der Waals surface area contributed by atoms with Crippen molar-refractivity contribution in [2.75, 3.05) is 26.1 Å². The van der Waals surface area contributed by atoms with E-state index in [0.717, 1.165) is 35.3 Å². The van der Waals surface area contributed by atoms with Crippen LogP contribution in [-0.2, 0) is 22.4 Å². The van der Waals surface area contributed by atoms with E-state index in [1.807, 2.05) is 6.07 Å². The van der Waals surface area contributed by atoms with Crippen LogP contribution >= 0.6 is 11.3 Å². The maximum Gasteiger partial charge on any atom is 0.341 e. The van der Waals surface area contributed by atoms with Gasteiger partial charge in [0.05, 0.1) is 26.4 Å². The average Bonchev–Trinajstić information content (AvgIpc) is 3.26. The van der Waals surface area contributed by atoms with E-state index < -0.39 is 0 Å². The topological polar surface area (TPSA) is 73.9 Å². The van der Waals surface area contributed by atoms with Gasteiger partial charge < -0.3 is 19.5 Å². The summed E-state index contributed by atoms with van der Waals surface area (Å²) in [6.45, 7) is 2.07. The predicted molar refractivity (Wildman–Crippen MR) is 110 cm³/mol. The number of methoxy groups -OCH3 is 2. The smallest absolute Gasteiger partial charge is 0.341 e. The van der Waals surface area contributed by atoms with Gasteiger partial charge in [0, 0.05) is 11.0 Å². The molecule has 1 N–H and O–H groups in total. The number of ether oxygens (including phenoxy) is 3. The number of hydrogen-bond acceptors (Lipinski definition) is 6. The first kappa shape index (κ1) is 19.9. The fourth-order valence-corrected chi connectivity index (χ4v) is 4.47. The molecular weight excluding hydrogens is 378 g/mol. The number of esters is 1. The molecule has 1 aromatic carbocycles. The Balaban J connectivity index is 1.77. The number of carbonyl (C=O) groups excluding carboxylic acids is 2. The van der Waals surface area contributed by atoms with Gasteiger partial charge in [0.25, 0.3) is 0 Å². The number of benzene rings is 1. The minimum absolute atomic E-state index is 0.302. The van der Waals surface area contributed by atoms with Crippen molar-refractivity contribution in [2.45, 2.75) is 26.2 Å². The number of nitrogens with one attached hydrogen (secondary N) is 1. The molecule has 0 fully saturated rings. The van der Waals surface area contributed by atoms with Gasteiger partial charge in [-0.3, -0.25) is 4.79 Å². The maximum absolute atomic E-state index is 12.4. The molecule has 0 spiro atoms. The fourth-order valence-electron chi connectivity index (χ4n) is 3.19. The Labute approximate surface area is 168 Å². The van der Waals surface area contributed by atoms with Crippen LogP contribution in [0.15, 0.2) is 24.3 Å². The van der Waals surface area contributed by atoms with Crippen LogP contribution in [0.2, 0.25) is 0 Å². The molecule has 1 amide bonds. The molecule has 0 unspecified atom stereocenters. The third kappa shape index (κ3) is 4.20. The Bertz CT molecular complexity index is 916. The van der Waals surface area contributed by atoms with Crippen LogP contribution in [0.1, 0.15) is 39.7 Å². The van der Waals surface area contributed by atoms with E-state index in [-0.39, 0.29) is 11.9 Å². The van der Waals surface area contributed by atoms with E-state index in [1.54, 1.807) is 39.4 Å². The van der Waals surface area contributed by atoms with Gasteiger partial charge >= 0.3 is 5.97 Å². The van der Waals surface area contributed by atoms with Crippen molar-refractivity contribution in [3.05, 3.63) is 45.8 Å². The van der Waals surface area contributed by atoms with Gasteiger partial charge in [-0.1, -0.05) is 6.07 Å². The summed E-state index contributed by atoms with van der Waals surface area (Å²) in [4.78, 5) is 25.9. The lowest BCUT2D eigenvalue weighted by atomic mass is 10.1. The highest BCUT2D eigenvalue weighted by atomic mass is 32.1. The fraction of sp³-hybridized carbons (Fsp3) is 0.333. The Morgan fingerprint density at radius 2 is 1.96 bits per heavy atom. The van der Waals surface area contributed by atoms with Gasteiger partial charge in [-0.15, -0.1) is 11.3 Å². The third-order valence-electron chi connectivity index (χ3n) is 4.47. The van der Waals surface area contributed by atoms with Crippen molar-refractivity contribution in [2.24, 2.45) is 0 Å². The number of rotatable bonds is 7. The number of fused-ring (bicyclic) bond motifs is 1. The largest absolute Gasteiger partial charge is 0.493 e. The molecule has 1 aromatic heterocycles. The van der Waals surface area contributed by atoms with Gasteiger partial charge in [0.1, 0.15) is 5.00 Å². The quantitative estimate of drug-likeness (QED) is 0.559. The van der Waals surface area contributed by atoms with E-state index in [9.17, 15) is 9.59 Å². The number of amides is 1. The average molecular weight is 401 g/mol. The lowest BCUT2D eigenvalue weighted by molar-refractivity contribution is -0.111. The standard InChI is InChI=1S/C21H23NO5S/c1-4-27-21(24)19-14-6-5-7-17(14)28-20(19)22-18(23)11-9-13-8-10-15(25-2)16(12-13)26-3/h8-12H,4-7H2,1-3H3,(H,22,23)/b11-9-. The summed E-state index contributed by atoms with van der Waals surface area (Å²) < 4.78 is 15.7. The zero-order valence-electron chi connectivity index (χ0n) is 16.2. The van der Waals surface area contributed by atoms with Crippen molar-refractivity contribution in [1.29, 1.82) is 0 Å². The van der Waals surface area contributed by atoms with E-state index >= 15 is 0 Å². The molecule has 1 aliphatic carbocycles. The van der Waals surface area contributed by atoms with Crippen LogP contribution < -0.4 is 14.8 Å². The monoisotopic (exact) mass is 401 g/mol. The summed E-state index contributed by atoms with van der Waals surface area (Å²) in [6, 6.07) is 5.39. The molecule has 0 bridgehead atoms. The molecule has 0 aliphatic heterocycles. The Morgan fingerprint density at radius 1 is 1.18 bits per heavy atom. The summed E-state index contributed by atoms with van der Waals surface area (Å²) in [7, 11) is 3.13. The maximum atomic E-state index is 12.4. The highest BCUT2D eigenvalue weighted by Gasteiger charge is 2.28. The molecule has 0 saturated carbocycles. The minimum Gasteiger partial charge on any atom is -0.493 e.